The van der Waals surface area contributed by atoms with Gasteiger partial charge in [-0.25, -0.2) is 4.79 Å². The van der Waals surface area contributed by atoms with Crippen LogP contribution in [-0.4, -0.2) is 35.8 Å². The molecule has 7 heteroatoms. The second-order valence-electron chi connectivity index (χ2n) is 6.55. The first-order valence-electron chi connectivity index (χ1n) is 7.61. The zero-order valence-corrected chi connectivity index (χ0v) is 14.4. The third-order valence-corrected chi connectivity index (χ3v) is 3.61. The standard InChI is InChI=1S/C16H22ClN2O4/c1-16(2,3)23-15(20)19-8-4-5-12(10-19)22-14-9-11(17)6-7-13(14)18-21/h6-7,9,12,18H,4-5,8,10H2,1-3H3/q-1/t12-/m0/s1. The van der Waals surface area contributed by atoms with E-state index in [0.717, 1.165) is 12.8 Å². The smallest absolute Gasteiger partial charge is 0.410 e. The van der Waals surface area contributed by atoms with Gasteiger partial charge in [0.1, 0.15) is 17.5 Å². The molecule has 1 fully saturated rings. The normalized spacial score (nSPS) is 18.5. The number of nitrogens with zero attached hydrogens (tertiary/aromatic N) is 1. The number of anilines is 1. The fourth-order valence-electron chi connectivity index (χ4n) is 2.38. The zero-order chi connectivity index (χ0) is 17.0. The quantitative estimate of drug-likeness (QED) is 0.840. The van der Waals surface area contributed by atoms with Crippen molar-refractivity contribution in [2.75, 3.05) is 18.6 Å². The second kappa shape index (κ2) is 7.27. The number of carbonyl (C=O) groups excluding carboxylic acids is 1. The number of halogens is 1. The van der Waals surface area contributed by atoms with E-state index in [2.05, 4.69) is 0 Å². The molecule has 6 nitrogen and oxygen atoms in total. The van der Waals surface area contributed by atoms with Gasteiger partial charge in [0.2, 0.25) is 0 Å². The van der Waals surface area contributed by atoms with Crippen LogP contribution in [0.3, 0.4) is 0 Å². The summed E-state index contributed by atoms with van der Waals surface area (Å²) in [4.78, 5) is 13.8. The molecule has 128 valence electrons. The van der Waals surface area contributed by atoms with E-state index in [1.54, 1.807) is 23.1 Å². The number of ether oxygens (including phenoxy) is 2. The van der Waals surface area contributed by atoms with Gasteiger partial charge < -0.3 is 25.1 Å². The number of carbonyl (C=O) groups is 1. The van der Waals surface area contributed by atoms with Crippen molar-refractivity contribution in [3.63, 3.8) is 0 Å². The summed E-state index contributed by atoms with van der Waals surface area (Å²) in [6, 6.07) is 4.77. The monoisotopic (exact) mass is 341 g/mol. The molecule has 0 bridgehead atoms. The van der Waals surface area contributed by atoms with Crippen LogP contribution >= 0.6 is 11.6 Å². The molecule has 0 aromatic heterocycles. The van der Waals surface area contributed by atoms with Crippen molar-refractivity contribution in [3.05, 3.63) is 28.4 Å². The van der Waals surface area contributed by atoms with Gasteiger partial charge in [0.15, 0.2) is 0 Å². The largest absolute Gasteiger partial charge is 0.761 e. The summed E-state index contributed by atoms with van der Waals surface area (Å²) in [6.45, 7) is 6.56. The Balaban J connectivity index is 2.02. The van der Waals surface area contributed by atoms with Crippen LogP contribution in [0.25, 0.3) is 0 Å². The second-order valence-corrected chi connectivity index (χ2v) is 6.99. The molecule has 2 rings (SSSR count). The molecule has 1 amide bonds. The van der Waals surface area contributed by atoms with E-state index in [1.165, 1.54) is 0 Å². The summed E-state index contributed by atoms with van der Waals surface area (Å²) in [6.07, 6.45) is 1.05. The lowest BCUT2D eigenvalue weighted by Gasteiger charge is -2.34. The van der Waals surface area contributed by atoms with E-state index in [9.17, 15) is 10.0 Å². The van der Waals surface area contributed by atoms with E-state index < -0.39 is 5.60 Å². The Bertz CT molecular complexity index is 560. The van der Waals surface area contributed by atoms with E-state index >= 15 is 0 Å². The molecular formula is C16H22ClN2O4-. The molecule has 1 aromatic carbocycles. The average molecular weight is 342 g/mol. The Morgan fingerprint density at radius 3 is 2.83 bits per heavy atom. The molecule has 0 radical (unpaired) electrons. The SMILES string of the molecule is CC(C)(C)OC(=O)N1CCC[C@H](Oc2cc(Cl)ccc2N[O-])C1. The van der Waals surface area contributed by atoms with Crippen LogP contribution in [0, 0.1) is 5.21 Å². The van der Waals surface area contributed by atoms with Crippen LogP contribution in [0.15, 0.2) is 18.2 Å². The first-order valence-corrected chi connectivity index (χ1v) is 7.98. The summed E-state index contributed by atoms with van der Waals surface area (Å²) in [5.41, 5.74) is 1.63. The summed E-state index contributed by atoms with van der Waals surface area (Å²) >= 11 is 5.95. The lowest BCUT2D eigenvalue weighted by Crippen LogP contribution is -2.46. The predicted octanol–water partition coefficient (Wildman–Crippen LogP) is 4.03. The van der Waals surface area contributed by atoms with Gasteiger partial charge in [-0.1, -0.05) is 11.6 Å². The Labute approximate surface area is 141 Å². The molecule has 1 aliphatic heterocycles. The summed E-state index contributed by atoms with van der Waals surface area (Å²) in [5, 5.41) is 11.5. The summed E-state index contributed by atoms with van der Waals surface area (Å²) < 4.78 is 11.3. The number of nitrogens with one attached hydrogen (secondary N) is 1. The van der Waals surface area contributed by atoms with Crippen LogP contribution in [0.5, 0.6) is 5.75 Å². The molecule has 1 saturated heterocycles. The topological polar surface area (TPSA) is 73.9 Å². The van der Waals surface area contributed by atoms with Crippen molar-refractivity contribution in [3.8, 4) is 5.75 Å². The maximum atomic E-state index is 12.2. The van der Waals surface area contributed by atoms with Crippen LogP contribution in [0.1, 0.15) is 33.6 Å². The van der Waals surface area contributed by atoms with Gasteiger partial charge in [-0.2, -0.15) is 0 Å². The Kier molecular flexibility index (Phi) is 5.59. The van der Waals surface area contributed by atoms with Gasteiger partial charge in [-0.15, -0.1) is 0 Å². The minimum absolute atomic E-state index is 0.207. The number of hydrogen-bond acceptors (Lipinski definition) is 5. The van der Waals surface area contributed by atoms with Crippen LogP contribution in [0.2, 0.25) is 5.02 Å². The number of rotatable bonds is 3. The highest BCUT2D eigenvalue weighted by Crippen LogP contribution is 2.30. The highest BCUT2D eigenvalue weighted by Gasteiger charge is 2.28. The molecule has 1 heterocycles. The van der Waals surface area contributed by atoms with Crippen molar-refractivity contribution >= 4 is 23.4 Å². The maximum absolute atomic E-state index is 12.2. The number of piperidine rings is 1. The van der Waals surface area contributed by atoms with Gasteiger partial charge in [0.05, 0.1) is 12.2 Å². The third-order valence-electron chi connectivity index (χ3n) is 3.38. The van der Waals surface area contributed by atoms with Gasteiger partial charge in [-0.3, -0.25) is 0 Å². The Hall–Kier alpha value is -1.66. The van der Waals surface area contributed by atoms with Crippen molar-refractivity contribution in [2.24, 2.45) is 0 Å². The molecule has 1 aromatic rings. The third kappa shape index (κ3) is 5.18. The maximum Gasteiger partial charge on any atom is 0.410 e. The van der Waals surface area contributed by atoms with Crippen LogP contribution in [0.4, 0.5) is 10.5 Å². The minimum Gasteiger partial charge on any atom is -0.761 e. The van der Waals surface area contributed by atoms with Gasteiger partial charge >= 0.3 is 6.09 Å². The molecule has 23 heavy (non-hydrogen) atoms. The molecular weight excluding hydrogens is 320 g/mol. The van der Waals surface area contributed by atoms with Crippen molar-refractivity contribution < 1.29 is 14.3 Å². The van der Waals surface area contributed by atoms with Crippen LogP contribution in [-0.2, 0) is 4.74 Å². The van der Waals surface area contributed by atoms with E-state index in [4.69, 9.17) is 21.1 Å². The minimum atomic E-state index is -0.530. The molecule has 0 saturated carbocycles. The molecule has 1 N–H and O–H groups in total. The number of benzene rings is 1. The van der Waals surface area contributed by atoms with Gasteiger partial charge in [0.25, 0.3) is 0 Å². The number of amides is 1. The Morgan fingerprint density at radius 2 is 2.17 bits per heavy atom. The van der Waals surface area contributed by atoms with Crippen LogP contribution < -0.4 is 10.2 Å². The number of hydrogen-bond donors (Lipinski definition) is 1. The molecule has 1 aliphatic rings. The van der Waals surface area contributed by atoms with E-state index in [1.807, 2.05) is 26.3 Å². The van der Waals surface area contributed by atoms with Crippen molar-refractivity contribution in [1.82, 2.24) is 4.90 Å². The van der Waals surface area contributed by atoms with Gasteiger partial charge in [-0.05, 0) is 45.7 Å². The molecule has 1 atom stereocenters. The van der Waals surface area contributed by atoms with E-state index in [-0.39, 0.29) is 12.2 Å². The summed E-state index contributed by atoms with van der Waals surface area (Å²) in [5.74, 6) is 0.392. The molecule has 0 aliphatic carbocycles. The highest BCUT2D eigenvalue weighted by molar-refractivity contribution is 6.30. The van der Waals surface area contributed by atoms with Gasteiger partial charge in [0, 0.05) is 17.6 Å². The fourth-order valence-corrected chi connectivity index (χ4v) is 2.55. The zero-order valence-electron chi connectivity index (χ0n) is 13.6. The van der Waals surface area contributed by atoms with E-state index in [0.29, 0.717) is 29.5 Å². The first kappa shape index (κ1) is 17.7. The first-order chi connectivity index (χ1) is 10.8. The average Bonchev–Trinajstić information content (AvgIpc) is 2.46. The molecule has 0 spiro atoms. The lowest BCUT2D eigenvalue weighted by atomic mass is 10.1. The number of likely N-dealkylation sites (tertiary alicyclic amines) is 1. The lowest BCUT2D eigenvalue weighted by molar-refractivity contribution is 0.00785. The fraction of sp³-hybridized carbons (Fsp3) is 0.562. The summed E-state index contributed by atoms with van der Waals surface area (Å²) in [7, 11) is 0. The van der Waals surface area contributed by atoms with Crippen molar-refractivity contribution in [1.29, 1.82) is 0 Å². The Morgan fingerprint density at radius 1 is 1.43 bits per heavy atom. The highest BCUT2D eigenvalue weighted by atomic mass is 35.5. The molecule has 0 unspecified atom stereocenters. The van der Waals surface area contributed by atoms with Crippen molar-refractivity contribution in [2.45, 2.75) is 45.3 Å². The predicted molar refractivity (Wildman–Crippen MR) is 89.9 cm³/mol.